The molecule has 25 heavy (non-hydrogen) atoms. The molecule has 0 atom stereocenters. The highest BCUT2D eigenvalue weighted by Crippen LogP contribution is 2.19. The lowest BCUT2D eigenvalue weighted by atomic mass is 10.4. The van der Waals surface area contributed by atoms with Crippen molar-refractivity contribution in [3.63, 3.8) is 0 Å². The summed E-state index contributed by atoms with van der Waals surface area (Å²) in [6.07, 6.45) is 3.32. The molecule has 0 saturated carbocycles. The van der Waals surface area contributed by atoms with Gasteiger partial charge in [-0.15, -0.1) is 0 Å². The van der Waals surface area contributed by atoms with Crippen LogP contribution in [0.2, 0.25) is 0 Å². The molecule has 0 bridgehead atoms. The summed E-state index contributed by atoms with van der Waals surface area (Å²) in [5.41, 5.74) is 0. The van der Waals surface area contributed by atoms with Gasteiger partial charge in [0.05, 0.1) is 19.5 Å². The zero-order valence-corrected chi connectivity index (χ0v) is 15.7. The molecule has 2 saturated heterocycles. The molecule has 0 spiro atoms. The van der Waals surface area contributed by atoms with Gasteiger partial charge in [-0.05, 0) is 6.42 Å². The Morgan fingerprint density at radius 3 is 2.16 bits per heavy atom. The normalized spacial score (nSPS) is 22.8. The summed E-state index contributed by atoms with van der Waals surface area (Å²) >= 11 is 0. The van der Waals surface area contributed by atoms with Crippen molar-refractivity contribution in [3.8, 4) is 0 Å². The van der Waals surface area contributed by atoms with Gasteiger partial charge in [0.2, 0.25) is 0 Å². The van der Waals surface area contributed by atoms with Crippen molar-refractivity contribution in [2.75, 3.05) is 52.5 Å². The predicted molar refractivity (Wildman–Crippen MR) is 89.5 cm³/mol. The first-order valence-electron chi connectivity index (χ1n) is 8.13. The maximum Gasteiger partial charge on any atom is 0.282 e. The third-order valence-electron chi connectivity index (χ3n) is 4.32. The number of hydrogen-bond acceptors (Lipinski definition) is 6. The number of rotatable bonds is 4. The van der Waals surface area contributed by atoms with Gasteiger partial charge in [-0.1, -0.05) is 0 Å². The Bertz CT molecular complexity index is 801. The van der Waals surface area contributed by atoms with E-state index in [4.69, 9.17) is 4.74 Å². The van der Waals surface area contributed by atoms with Crippen LogP contribution >= 0.6 is 0 Å². The van der Waals surface area contributed by atoms with Crippen molar-refractivity contribution < 1.29 is 21.6 Å². The number of aromatic nitrogens is 2. The van der Waals surface area contributed by atoms with Gasteiger partial charge in [0.15, 0.2) is 5.03 Å². The van der Waals surface area contributed by atoms with E-state index in [1.54, 1.807) is 11.6 Å². The van der Waals surface area contributed by atoms with E-state index in [0.717, 1.165) is 0 Å². The molecule has 142 valence electrons. The monoisotopic (exact) mass is 393 g/mol. The topological polar surface area (TPSA) is 105 Å². The van der Waals surface area contributed by atoms with Crippen molar-refractivity contribution in [3.05, 3.63) is 12.5 Å². The van der Waals surface area contributed by atoms with Gasteiger partial charge in [-0.25, -0.2) is 13.4 Å². The van der Waals surface area contributed by atoms with Crippen LogP contribution < -0.4 is 0 Å². The third-order valence-corrected chi connectivity index (χ3v) is 8.14. The molecule has 0 aromatic carbocycles. The smallest absolute Gasteiger partial charge is 0.282 e. The fourth-order valence-corrected chi connectivity index (χ4v) is 5.98. The second-order valence-electron chi connectivity index (χ2n) is 6.05. The molecule has 0 amide bonds. The SMILES string of the molecule is Cn1cnc(S(=O)(=O)N2CCCN(S(=O)(=O)N3CCOCC3)CC2)c1. The number of morpholine rings is 1. The number of hydrogen-bond donors (Lipinski definition) is 0. The number of sulfonamides is 1. The fourth-order valence-electron chi connectivity index (χ4n) is 2.94. The van der Waals surface area contributed by atoms with Crippen molar-refractivity contribution in [2.45, 2.75) is 11.4 Å². The van der Waals surface area contributed by atoms with Gasteiger partial charge in [0, 0.05) is 52.5 Å². The Labute approximate surface area is 148 Å². The molecule has 0 radical (unpaired) electrons. The summed E-state index contributed by atoms with van der Waals surface area (Å²) in [6.45, 7) is 2.24. The van der Waals surface area contributed by atoms with Crippen LogP contribution in [0.4, 0.5) is 0 Å². The molecule has 3 heterocycles. The first-order valence-corrected chi connectivity index (χ1v) is 11.0. The summed E-state index contributed by atoms with van der Waals surface area (Å²) in [5.74, 6) is 0. The van der Waals surface area contributed by atoms with Crippen LogP contribution in [0.1, 0.15) is 6.42 Å². The summed E-state index contributed by atoms with van der Waals surface area (Å²) in [6, 6.07) is 0. The second-order valence-corrected chi connectivity index (χ2v) is 9.87. The maximum absolute atomic E-state index is 12.7. The molecule has 10 nitrogen and oxygen atoms in total. The Hall–Kier alpha value is -1.05. The molecular weight excluding hydrogens is 370 g/mol. The van der Waals surface area contributed by atoms with Gasteiger partial charge in [0.25, 0.3) is 20.2 Å². The standard InChI is InChI=1S/C13H23N5O5S2/c1-15-11-13(14-12-15)24(19,20)16-3-2-4-17(6-5-16)25(21,22)18-7-9-23-10-8-18/h11-12H,2-10H2,1H3. The van der Waals surface area contributed by atoms with E-state index >= 15 is 0 Å². The maximum atomic E-state index is 12.7. The molecular formula is C13H23N5O5S2. The molecule has 2 fully saturated rings. The molecule has 0 N–H and O–H groups in total. The largest absolute Gasteiger partial charge is 0.379 e. The highest BCUT2D eigenvalue weighted by molar-refractivity contribution is 7.89. The Balaban J connectivity index is 1.72. The van der Waals surface area contributed by atoms with Gasteiger partial charge >= 0.3 is 0 Å². The third kappa shape index (κ3) is 3.88. The Morgan fingerprint density at radius 2 is 1.52 bits per heavy atom. The number of ether oxygens (including phenoxy) is 1. The molecule has 2 aliphatic heterocycles. The summed E-state index contributed by atoms with van der Waals surface area (Å²) < 4.78 is 61.7. The highest BCUT2D eigenvalue weighted by atomic mass is 32.2. The van der Waals surface area contributed by atoms with Crippen LogP contribution in [0.25, 0.3) is 0 Å². The molecule has 0 unspecified atom stereocenters. The minimum atomic E-state index is -3.71. The zero-order valence-electron chi connectivity index (χ0n) is 14.1. The lowest BCUT2D eigenvalue weighted by Gasteiger charge is -2.31. The minimum absolute atomic E-state index is 0.0144. The van der Waals surface area contributed by atoms with Gasteiger partial charge in [0.1, 0.15) is 0 Å². The number of imidazole rings is 1. The Kier molecular flexibility index (Phi) is 5.46. The first kappa shape index (κ1) is 18.7. The van der Waals surface area contributed by atoms with E-state index in [-0.39, 0.29) is 24.7 Å². The lowest BCUT2D eigenvalue weighted by molar-refractivity contribution is 0.0702. The van der Waals surface area contributed by atoms with Crippen molar-refractivity contribution >= 4 is 20.2 Å². The van der Waals surface area contributed by atoms with Crippen LogP contribution in [0, 0.1) is 0 Å². The fraction of sp³-hybridized carbons (Fsp3) is 0.769. The molecule has 1 aromatic rings. The molecule has 0 aliphatic carbocycles. The van der Waals surface area contributed by atoms with Gasteiger partial charge < -0.3 is 9.30 Å². The van der Waals surface area contributed by atoms with Crippen LogP contribution in [0.15, 0.2) is 17.6 Å². The molecule has 3 rings (SSSR count). The molecule has 1 aromatic heterocycles. The Morgan fingerprint density at radius 1 is 0.920 bits per heavy atom. The van der Waals surface area contributed by atoms with Crippen molar-refractivity contribution in [2.24, 2.45) is 7.05 Å². The van der Waals surface area contributed by atoms with E-state index in [9.17, 15) is 16.8 Å². The zero-order chi connectivity index (χ0) is 18.1. The van der Waals surface area contributed by atoms with Crippen LogP contribution in [0.5, 0.6) is 0 Å². The van der Waals surface area contributed by atoms with E-state index in [1.807, 2.05) is 0 Å². The second kappa shape index (κ2) is 7.29. The highest BCUT2D eigenvalue weighted by Gasteiger charge is 2.35. The summed E-state index contributed by atoms with van der Waals surface area (Å²) in [4.78, 5) is 3.91. The number of aryl methyl sites for hydroxylation is 1. The van der Waals surface area contributed by atoms with Gasteiger partial charge in [-0.3, -0.25) is 0 Å². The average Bonchev–Trinajstić information content (AvgIpc) is 2.88. The van der Waals surface area contributed by atoms with E-state index in [0.29, 0.717) is 39.3 Å². The quantitative estimate of drug-likeness (QED) is 0.629. The van der Waals surface area contributed by atoms with Crippen molar-refractivity contribution in [1.29, 1.82) is 0 Å². The van der Waals surface area contributed by atoms with E-state index in [2.05, 4.69) is 4.98 Å². The van der Waals surface area contributed by atoms with Crippen LogP contribution in [-0.2, 0) is 32.0 Å². The number of nitrogens with zero attached hydrogens (tertiary/aromatic N) is 5. The predicted octanol–water partition coefficient (Wildman–Crippen LogP) is -1.31. The molecule has 2 aliphatic rings. The average molecular weight is 393 g/mol. The minimum Gasteiger partial charge on any atom is -0.379 e. The van der Waals surface area contributed by atoms with E-state index in [1.165, 1.54) is 25.4 Å². The van der Waals surface area contributed by atoms with E-state index < -0.39 is 20.2 Å². The van der Waals surface area contributed by atoms with Crippen LogP contribution in [0.3, 0.4) is 0 Å². The first-order chi connectivity index (χ1) is 11.8. The molecule has 12 heteroatoms. The summed E-state index contributed by atoms with van der Waals surface area (Å²) in [5, 5.41) is -0.0144. The van der Waals surface area contributed by atoms with Gasteiger partial charge in [-0.2, -0.15) is 21.3 Å². The van der Waals surface area contributed by atoms with Crippen molar-refractivity contribution in [1.82, 2.24) is 22.5 Å². The lowest BCUT2D eigenvalue weighted by Crippen LogP contribution is -2.49. The summed E-state index contributed by atoms with van der Waals surface area (Å²) in [7, 11) is -5.60. The van der Waals surface area contributed by atoms with Crippen LogP contribution in [-0.4, -0.2) is 91.8 Å².